The quantitative estimate of drug-likeness (QED) is 0.832. The van der Waals surface area contributed by atoms with Gasteiger partial charge in [0.15, 0.2) is 0 Å². The number of carbonyl (C=O) groups is 1. The average Bonchev–Trinajstić information content (AvgIpc) is 3.14. The molecule has 2 saturated heterocycles. The Morgan fingerprint density at radius 1 is 1.45 bits per heavy atom. The van der Waals surface area contributed by atoms with E-state index >= 15 is 0 Å². The van der Waals surface area contributed by atoms with E-state index in [0.717, 1.165) is 52.1 Å². The molecule has 7 heteroatoms. The van der Waals surface area contributed by atoms with Crippen LogP contribution < -0.4 is 5.32 Å². The molecule has 7 nitrogen and oxygen atoms in total. The van der Waals surface area contributed by atoms with Gasteiger partial charge in [-0.2, -0.15) is 5.10 Å². The van der Waals surface area contributed by atoms with Crippen molar-refractivity contribution in [2.45, 2.75) is 32.0 Å². The van der Waals surface area contributed by atoms with Crippen molar-refractivity contribution >= 4 is 6.03 Å². The summed E-state index contributed by atoms with van der Waals surface area (Å²) in [6.45, 7) is 6.03. The van der Waals surface area contributed by atoms with Crippen molar-refractivity contribution in [2.75, 3.05) is 39.9 Å². The van der Waals surface area contributed by atoms with E-state index in [0.29, 0.717) is 12.6 Å². The molecule has 122 valence electrons. The zero-order chi connectivity index (χ0) is 15.4. The number of nitrogens with zero attached hydrogens (tertiary/aromatic N) is 4. The van der Waals surface area contributed by atoms with E-state index in [1.54, 1.807) is 7.11 Å². The molecular formula is C15H25N5O2. The van der Waals surface area contributed by atoms with Crippen LogP contribution in [-0.4, -0.2) is 71.5 Å². The highest BCUT2D eigenvalue weighted by molar-refractivity contribution is 5.76. The number of hydrogen-bond acceptors (Lipinski definition) is 4. The van der Waals surface area contributed by atoms with Crippen molar-refractivity contribution in [2.24, 2.45) is 0 Å². The maximum atomic E-state index is 11.8. The number of hydrogen-bond donors (Lipinski definition) is 1. The zero-order valence-corrected chi connectivity index (χ0v) is 13.2. The molecule has 0 radical (unpaired) electrons. The Morgan fingerprint density at radius 2 is 2.36 bits per heavy atom. The summed E-state index contributed by atoms with van der Waals surface area (Å²) in [4.78, 5) is 16.2. The first-order valence-electron chi connectivity index (χ1n) is 8.03. The standard InChI is InChI=1S/C15H25N5O2/c1-22-8-7-19-11-13(9-17-19)10-18-5-2-3-14(12-18)20-6-4-16-15(20)21/h9,11,14H,2-8,10,12H2,1H3,(H,16,21). The van der Waals surface area contributed by atoms with Gasteiger partial charge in [0.1, 0.15) is 0 Å². The Kier molecular flexibility index (Phi) is 4.94. The van der Waals surface area contributed by atoms with E-state index < -0.39 is 0 Å². The van der Waals surface area contributed by atoms with Crippen molar-refractivity contribution in [3.8, 4) is 0 Å². The van der Waals surface area contributed by atoms with E-state index in [1.165, 1.54) is 5.56 Å². The third kappa shape index (κ3) is 3.59. The highest BCUT2D eigenvalue weighted by Gasteiger charge is 2.31. The SMILES string of the molecule is COCCn1cc(CN2CCCC(N3CCNC3=O)C2)cn1. The summed E-state index contributed by atoms with van der Waals surface area (Å²) < 4.78 is 7.00. The van der Waals surface area contributed by atoms with Crippen LogP contribution in [0.1, 0.15) is 18.4 Å². The number of aromatic nitrogens is 2. The van der Waals surface area contributed by atoms with Gasteiger partial charge in [-0.15, -0.1) is 0 Å². The highest BCUT2D eigenvalue weighted by Crippen LogP contribution is 2.19. The van der Waals surface area contributed by atoms with Gasteiger partial charge in [-0.25, -0.2) is 4.79 Å². The number of amides is 2. The molecule has 2 amide bonds. The second-order valence-corrected chi connectivity index (χ2v) is 6.06. The third-order valence-electron chi connectivity index (χ3n) is 4.43. The Balaban J connectivity index is 1.53. The van der Waals surface area contributed by atoms with Gasteiger partial charge in [0, 0.05) is 51.1 Å². The van der Waals surface area contributed by atoms with Gasteiger partial charge in [-0.3, -0.25) is 9.58 Å². The number of carbonyl (C=O) groups excluding carboxylic acids is 1. The van der Waals surface area contributed by atoms with Gasteiger partial charge in [0.05, 0.1) is 19.3 Å². The molecule has 22 heavy (non-hydrogen) atoms. The first-order valence-corrected chi connectivity index (χ1v) is 8.03. The predicted octanol–water partition coefficient (Wildman–Crippen LogP) is 0.519. The first kappa shape index (κ1) is 15.3. The number of likely N-dealkylation sites (tertiary alicyclic amines) is 1. The van der Waals surface area contributed by atoms with Crippen LogP contribution in [0.5, 0.6) is 0 Å². The average molecular weight is 307 g/mol. The molecule has 0 spiro atoms. The Hall–Kier alpha value is -1.60. The highest BCUT2D eigenvalue weighted by atomic mass is 16.5. The normalized spacial score (nSPS) is 23.0. The van der Waals surface area contributed by atoms with Crippen LogP contribution in [0.3, 0.4) is 0 Å². The molecule has 0 bridgehead atoms. The number of urea groups is 1. The van der Waals surface area contributed by atoms with Crippen molar-refractivity contribution in [3.63, 3.8) is 0 Å². The largest absolute Gasteiger partial charge is 0.383 e. The summed E-state index contributed by atoms with van der Waals surface area (Å²) in [6.07, 6.45) is 6.27. The van der Waals surface area contributed by atoms with Gasteiger partial charge < -0.3 is 15.0 Å². The molecule has 0 aliphatic carbocycles. The number of ether oxygens (including phenoxy) is 1. The minimum Gasteiger partial charge on any atom is -0.383 e. The predicted molar refractivity (Wildman–Crippen MR) is 82.5 cm³/mol. The topological polar surface area (TPSA) is 62.6 Å². The van der Waals surface area contributed by atoms with Crippen molar-refractivity contribution < 1.29 is 9.53 Å². The molecule has 0 aromatic carbocycles. The van der Waals surface area contributed by atoms with E-state index in [2.05, 4.69) is 21.5 Å². The van der Waals surface area contributed by atoms with Crippen molar-refractivity contribution in [1.29, 1.82) is 0 Å². The Bertz CT molecular complexity index is 504. The first-order chi connectivity index (χ1) is 10.8. The second kappa shape index (κ2) is 7.11. The van der Waals surface area contributed by atoms with Crippen LogP contribution in [0.15, 0.2) is 12.4 Å². The van der Waals surface area contributed by atoms with Crippen molar-refractivity contribution in [3.05, 3.63) is 18.0 Å². The molecule has 2 fully saturated rings. The van der Waals surface area contributed by atoms with Crippen LogP contribution in [0, 0.1) is 0 Å². The molecule has 1 aromatic heterocycles. The van der Waals surface area contributed by atoms with Crippen molar-refractivity contribution in [1.82, 2.24) is 24.9 Å². The molecule has 2 aliphatic rings. The summed E-state index contributed by atoms with van der Waals surface area (Å²) in [6, 6.07) is 0.444. The fraction of sp³-hybridized carbons (Fsp3) is 0.733. The van der Waals surface area contributed by atoms with E-state index in [-0.39, 0.29) is 6.03 Å². The molecule has 2 aliphatic heterocycles. The molecule has 1 aromatic rings. The van der Waals surface area contributed by atoms with Gasteiger partial charge >= 0.3 is 6.03 Å². The second-order valence-electron chi connectivity index (χ2n) is 6.06. The maximum Gasteiger partial charge on any atom is 0.317 e. The lowest BCUT2D eigenvalue weighted by atomic mass is 10.0. The Morgan fingerprint density at radius 3 is 3.14 bits per heavy atom. The fourth-order valence-corrected chi connectivity index (χ4v) is 3.32. The van der Waals surface area contributed by atoms with E-state index in [4.69, 9.17) is 4.74 Å². The molecular weight excluding hydrogens is 282 g/mol. The van der Waals surface area contributed by atoms with Gasteiger partial charge in [0.25, 0.3) is 0 Å². The molecule has 1 N–H and O–H groups in total. The number of rotatable bonds is 6. The van der Waals surface area contributed by atoms with E-state index in [9.17, 15) is 4.79 Å². The smallest absolute Gasteiger partial charge is 0.317 e. The molecule has 1 unspecified atom stereocenters. The fourth-order valence-electron chi connectivity index (χ4n) is 3.32. The summed E-state index contributed by atoms with van der Waals surface area (Å²) in [5, 5.41) is 7.26. The molecule has 3 heterocycles. The van der Waals surface area contributed by atoms with Gasteiger partial charge in [0.2, 0.25) is 0 Å². The third-order valence-corrected chi connectivity index (χ3v) is 4.43. The number of piperidine rings is 1. The van der Waals surface area contributed by atoms with Crippen LogP contribution >= 0.6 is 0 Å². The minimum absolute atomic E-state index is 0.0965. The van der Waals surface area contributed by atoms with Crippen LogP contribution in [0.25, 0.3) is 0 Å². The van der Waals surface area contributed by atoms with E-state index in [1.807, 2.05) is 15.8 Å². The lowest BCUT2D eigenvalue weighted by molar-refractivity contribution is 0.122. The summed E-state index contributed by atoms with van der Waals surface area (Å²) in [7, 11) is 1.70. The number of nitrogens with one attached hydrogen (secondary N) is 1. The van der Waals surface area contributed by atoms with Crippen LogP contribution in [0.2, 0.25) is 0 Å². The summed E-state index contributed by atoms with van der Waals surface area (Å²) in [5.74, 6) is 0. The van der Waals surface area contributed by atoms with Gasteiger partial charge in [-0.05, 0) is 19.4 Å². The lowest BCUT2D eigenvalue weighted by Crippen LogP contribution is -2.48. The lowest BCUT2D eigenvalue weighted by Gasteiger charge is -2.36. The maximum absolute atomic E-state index is 11.8. The van der Waals surface area contributed by atoms with Crippen LogP contribution in [0.4, 0.5) is 4.79 Å². The zero-order valence-electron chi connectivity index (χ0n) is 13.2. The molecule has 3 rings (SSSR count). The summed E-state index contributed by atoms with van der Waals surface area (Å²) in [5.41, 5.74) is 1.22. The molecule has 1 atom stereocenters. The Labute approximate surface area is 131 Å². The number of methoxy groups -OCH3 is 1. The van der Waals surface area contributed by atoms with Crippen LogP contribution in [-0.2, 0) is 17.8 Å². The van der Waals surface area contributed by atoms with Gasteiger partial charge in [-0.1, -0.05) is 0 Å². The molecule has 0 saturated carbocycles. The monoisotopic (exact) mass is 307 g/mol. The summed E-state index contributed by atoms with van der Waals surface area (Å²) >= 11 is 0. The minimum atomic E-state index is 0.0965.